The zero-order valence-electron chi connectivity index (χ0n) is 15.2. The molecule has 3 aromatic rings. The van der Waals surface area contributed by atoms with Gasteiger partial charge < -0.3 is 14.6 Å². The van der Waals surface area contributed by atoms with Crippen molar-refractivity contribution in [2.75, 3.05) is 13.7 Å². The molecule has 0 aliphatic rings. The molecule has 1 unspecified atom stereocenters. The highest BCUT2D eigenvalue weighted by atomic mass is 16.5. The second kappa shape index (κ2) is 8.51. The van der Waals surface area contributed by atoms with Crippen LogP contribution in [0.1, 0.15) is 5.56 Å². The molecule has 0 radical (unpaired) electrons. The largest absolute Gasteiger partial charge is 0.493 e. The highest BCUT2D eigenvalue weighted by molar-refractivity contribution is 5.76. The number of para-hydroxylation sites is 1. The molecule has 6 nitrogen and oxygen atoms in total. The first-order valence-electron chi connectivity index (χ1n) is 8.65. The van der Waals surface area contributed by atoms with Crippen LogP contribution < -0.4 is 15.0 Å². The summed E-state index contributed by atoms with van der Waals surface area (Å²) < 4.78 is 12.4. The van der Waals surface area contributed by atoms with Gasteiger partial charge in [-0.05, 0) is 36.2 Å². The number of allylic oxidation sites excluding steroid dienone is 1. The highest BCUT2D eigenvalue weighted by Gasteiger charge is 2.12. The number of methoxy groups -OCH3 is 1. The van der Waals surface area contributed by atoms with Crippen LogP contribution >= 0.6 is 0 Å². The van der Waals surface area contributed by atoms with Crippen molar-refractivity contribution in [2.24, 2.45) is 0 Å². The monoisotopic (exact) mass is 366 g/mol. The number of hydrogen-bond acceptors (Lipinski definition) is 5. The fourth-order valence-electron chi connectivity index (χ4n) is 2.83. The molecule has 140 valence electrons. The van der Waals surface area contributed by atoms with Gasteiger partial charge in [-0.25, -0.2) is 4.98 Å². The van der Waals surface area contributed by atoms with Gasteiger partial charge in [-0.3, -0.25) is 9.36 Å². The molecule has 1 aromatic heterocycles. The summed E-state index contributed by atoms with van der Waals surface area (Å²) in [7, 11) is 1.57. The van der Waals surface area contributed by atoms with Crippen LogP contribution in [0.2, 0.25) is 0 Å². The Morgan fingerprint density at radius 3 is 2.85 bits per heavy atom. The van der Waals surface area contributed by atoms with Crippen molar-refractivity contribution in [3.63, 3.8) is 0 Å². The number of rotatable bonds is 8. The predicted octanol–water partition coefficient (Wildman–Crippen LogP) is 2.57. The standard InChI is InChI=1S/C21H22N2O4/c1-3-6-15-9-10-19(20(11-15)26-2)27-13-16(24)12-23-14-22-18-8-5-4-7-17(18)21(23)25/h3-5,7-11,14,16,24H,1,6,12-13H2,2H3. The quantitative estimate of drug-likeness (QED) is 0.620. The van der Waals surface area contributed by atoms with Crippen LogP contribution in [0.5, 0.6) is 11.5 Å². The van der Waals surface area contributed by atoms with Gasteiger partial charge in [-0.1, -0.05) is 24.3 Å². The van der Waals surface area contributed by atoms with Crippen LogP contribution in [-0.2, 0) is 13.0 Å². The number of nitrogens with zero attached hydrogens (tertiary/aromatic N) is 2. The molecule has 2 aromatic carbocycles. The lowest BCUT2D eigenvalue weighted by Crippen LogP contribution is -2.30. The van der Waals surface area contributed by atoms with Crippen molar-refractivity contribution >= 4 is 10.9 Å². The van der Waals surface area contributed by atoms with E-state index in [1.54, 1.807) is 31.4 Å². The van der Waals surface area contributed by atoms with Gasteiger partial charge >= 0.3 is 0 Å². The summed E-state index contributed by atoms with van der Waals surface area (Å²) in [5.41, 5.74) is 1.50. The summed E-state index contributed by atoms with van der Waals surface area (Å²) >= 11 is 0. The van der Waals surface area contributed by atoms with Crippen molar-refractivity contribution in [2.45, 2.75) is 19.1 Å². The molecule has 0 aliphatic carbocycles. The fourth-order valence-corrected chi connectivity index (χ4v) is 2.83. The van der Waals surface area contributed by atoms with Gasteiger partial charge in [0, 0.05) is 0 Å². The van der Waals surface area contributed by atoms with E-state index in [1.165, 1.54) is 10.9 Å². The number of fused-ring (bicyclic) bond motifs is 1. The zero-order chi connectivity index (χ0) is 19.2. The molecule has 6 heteroatoms. The molecule has 0 aliphatic heterocycles. The average Bonchev–Trinajstić information content (AvgIpc) is 2.69. The van der Waals surface area contributed by atoms with Crippen molar-refractivity contribution in [3.8, 4) is 11.5 Å². The van der Waals surface area contributed by atoms with E-state index in [0.29, 0.717) is 22.4 Å². The van der Waals surface area contributed by atoms with Gasteiger partial charge in [0.15, 0.2) is 11.5 Å². The molecule has 0 fully saturated rings. The molecule has 27 heavy (non-hydrogen) atoms. The Morgan fingerprint density at radius 1 is 1.26 bits per heavy atom. The third-order valence-corrected chi connectivity index (χ3v) is 4.18. The SMILES string of the molecule is C=CCc1ccc(OCC(O)Cn2cnc3ccccc3c2=O)c(OC)c1. The summed E-state index contributed by atoms with van der Waals surface area (Å²) in [5.74, 6) is 1.12. The number of aliphatic hydroxyl groups is 1. The Bertz CT molecular complexity index is 997. The van der Waals surface area contributed by atoms with E-state index in [4.69, 9.17) is 9.47 Å². The molecule has 0 bridgehead atoms. The molecule has 0 saturated heterocycles. The lowest BCUT2D eigenvalue weighted by molar-refractivity contribution is 0.0900. The van der Waals surface area contributed by atoms with Gasteiger partial charge in [-0.15, -0.1) is 6.58 Å². The molecule has 1 N–H and O–H groups in total. The first kappa shape index (κ1) is 18.7. The molecule has 1 heterocycles. The number of ether oxygens (including phenoxy) is 2. The number of hydrogen-bond donors (Lipinski definition) is 1. The minimum atomic E-state index is -0.872. The normalized spacial score (nSPS) is 11.9. The van der Waals surface area contributed by atoms with Crippen molar-refractivity contribution in [1.82, 2.24) is 9.55 Å². The van der Waals surface area contributed by atoms with E-state index in [1.807, 2.05) is 24.3 Å². The lowest BCUT2D eigenvalue weighted by atomic mass is 10.1. The summed E-state index contributed by atoms with van der Waals surface area (Å²) in [6.07, 6.45) is 3.12. The lowest BCUT2D eigenvalue weighted by Gasteiger charge is -2.16. The fraction of sp³-hybridized carbons (Fsp3) is 0.238. The summed E-state index contributed by atoms with van der Waals surface area (Å²) in [4.78, 5) is 16.7. The van der Waals surface area contributed by atoms with Gasteiger partial charge in [-0.2, -0.15) is 0 Å². The molecule has 0 saturated carbocycles. The summed E-state index contributed by atoms with van der Waals surface area (Å²) in [6, 6.07) is 12.7. The third kappa shape index (κ3) is 4.35. The molecule has 1 atom stereocenters. The van der Waals surface area contributed by atoms with Gasteiger partial charge in [0.25, 0.3) is 5.56 Å². The Labute approximate surface area is 157 Å². The van der Waals surface area contributed by atoms with Crippen LogP contribution in [0.25, 0.3) is 10.9 Å². The summed E-state index contributed by atoms with van der Waals surface area (Å²) in [5, 5.41) is 10.8. The Morgan fingerprint density at radius 2 is 2.07 bits per heavy atom. The van der Waals surface area contributed by atoms with E-state index in [9.17, 15) is 9.90 Å². The van der Waals surface area contributed by atoms with Crippen molar-refractivity contribution in [3.05, 3.63) is 77.4 Å². The van der Waals surface area contributed by atoms with Crippen LogP contribution in [0.15, 0.2) is 66.2 Å². The Kier molecular flexibility index (Phi) is 5.88. The van der Waals surface area contributed by atoms with E-state index >= 15 is 0 Å². The Balaban J connectivity index is 1.68. The minimum absolute atomic E-state index is 0.0242. The van der Waals surface area contributed by atoms with Gasteiger partial charge in [0.05, 0.1) is 30.9 Å². The second-order valence-electron chi connectivity index (χ2n) is 6.16. The van der Waals surface area contributed by atoms with Gasteiger partial charge in [0.2, 0.25) is 0 Å². The molecule has 3 rings (SSSR count). The zero-order valence-corrected chi connectivity index (χ0v) is 15.2. The van der Waals surface area contributed by atoms with E-state index in [0.717, 1.165) is 12.0 Å². The third-order valence-electron chi connectivity index (χ3n) is 4.18. The molecular formula is C21H22N2O4. The number of benzene rings is 2. The first-order valence-corrected chi connectivity index (χ1v) is 8.65. The molecule has 0 amide bonds. The van der Waals surface area contributed by atoms with E-state index in [2.05, 4.69) is 11.6 Å². The van der Waals surface area contributed by atoms with Crippen molar-refractivity contribution in [1.29, 1.82) is 0 Å². The second-order valence-corrected chi connectivity index (χ2v) is 6.16. The van der Waals surface area contributed by atoms with Crippen LogP contribution in [0, 0.1) is 0 Å². The topological polar surface area (TPSA) is 73.6 Å². The predicted molar refractivity (Wildman–Crippen MR) is 104 cm³/mol. The maximum absolute atomic E-state index is 12.5. The van der Waals surface area contributed by atoms with Crippen LogP contribution in [-0.4, -0.2) is 34.5 Å². The smallest absolute Gasteiger partial charge is 0.261 e. The molecular weight excluding hydrogens is 344 g/mol. The maximum Gasteiger partial charge on any atom is 0.261 e. The van der Waals surface area contributed by atoms with Gasteiger partial charge in [0.1, 0.15) is 12.7 Å². The first-order chi connectivity index (χ1) is 13.1. The van der Waals surface area contributed by atoms with Crippen molar-refractivity contribution < 1.29 is 14.6 Å². The number of aliphatic hydroxyl groups excluding tert-OH is 1. The van der Waals surface area contributed by atoms with Crippen LogP contribution in [0.4, 0.5) is 0 Å². The number of aromatic nitrogens is 2. The maximum atomic E-state index is 12.5. The highest BCUT2D eigenvalue weighted by Crippen LogP contribution is 2.28. The van der Waals surface area contributed by atoms with E-state index < -0.39 is 6.10 Å². The average molecular weight is 366 g/mol. The van der Waals surface area contributed by atoms with Crippen LogP contribution in [0.3, 0.4) is 0 Å². The molecule has 0 spiro atoms. The Hall–Kier alpha value is -3.12. The minimum Gasteiger partial charge on any atom is -0.493 e. The summed E-state index contributed by atoms with van der Waals surface area (Å²) in [6.45, 7) is 3.84. The van der Waals surface area contributed by atoms with E-state index in [-0.39, 0.29) is 18.7 Å².